The van der Waals surface area contributed by atoms with Crippen LogP contribution in [0.25, 0.3) is 11.7 Å². The number of nitrogens with one attached hydrogen (secondary N) is 3. The van der Waals surface area contributed by atoms with Gasteiger partial charge in [0.05, 0.1) is 25.8 Å². The van der Waals surface area contributed by atoms with E-state index in [0.717, 1.165) is 0 Å². The Balaban J connectivity index is 1.96. The van der Waals surface area contributed by atoms with E-state index in [1.54, 1.807) is 26.5 Å². The lowest BCUT2D eigenvalue weighted by atomic mass is 10.1. The summed E-state index contributed by atoms with van der Waals surface area (Å²) in [5, 5.41) is 12.8. The first-order valence-corrected chi connectivity index (χ1v) is 8.38. The standard InChI is InChI=1S/C16H21N7O4/c1-26-5-3-17-15-21-13-11(7-10-8-12(24)20-14(10)25)9-19-23(13)16(22-15)18-4-6-27-2/h7,9H,3-6,8H2,1-2H3,(H,20,24,25)(H2,17,18,21,22)/b10-7+. The van der Waals surface area contributed by atoms with Crippen molar-refractivity contribution in [3.63, 3.8) is 0 Å². The van der Waals surface area contributed by atoms with Crippen molar-refractivity contribution in [3.8, 4) is 0 Å². The van der Waals surface area contributed by atoms with Crippen LogP contribution in [0.3, 0.4) is 0 Å². The molecule has 3 heterocycles. The zero-order valence-corrected chi connectivity index (χ0v) is 15.1. The highest BCUT2D eigenvalue weighted by Gasteiger charge is 2.24. The second-order valence-electron chi connectivity index (χ2n) is 5.77. The Hall–Kier alpha value is -3.05. The molecule has 27 heavy (non-hydrogen) atoms. The van der Waals surface area contributed by atoms with Crippen molar-refractivity contribution in [2.45, 2.75) is 6.42 Å². The first kappa shape index (κ1) is 18.7. The summed E-state index contributed by atoms with van der Waals surface area (Å²) in [7, 11) is 3.22. The molecule has 2 aromatic rings. The molecule has 0 aromatic carbocycles. The molecule has 3 N–H and O–H groups in total. The minimum absolute atomic E-state index is 0.0408. The molecule has 3 rings (SSSR count). The van der Waals surface area contributed by atoms with Crippen molar-refractivity contribution in [1.82, 2.24) is 24.9 Å². The predicted molar refractivity (Wildman–Crippen MR) is 97.3 cm³/mol. The molecule has 0 radical (unpaired) electrons. The SMILES string of the molecule is COCCNc1nc(NCCOC)n2ncc(/C=C3\CC(=O)NC3=O)c2n1. The Kier molecular flexibility index (Phi) is 5.94. The van der Waals surface area contributed by atoms with Crippen molar-refractivity contribution in [3.05, 3.63) is 17.3 Å². The number of ether oxygens (including phenoxy) is 2. The monoisotopic (exact) mass is 375 g/mol. The molecule has 11 nitrogen and oxygen atoms in total. The minimum atomic E-state index is -0.398. The van der Waals surface area contributed by atoms with Gasteiger partial charge in [0.1, 0.15) is 0 Å². The number of imide groups is 1. The largest absolute Gasteiger partial charge is 0.383 e. The van der Waals surface area contributed by atoms with Crippen molar-refractivity contribution >= 4 is 35.4 Å². The number of methoxy groups -OCH3 is 2. The van der Waals surface area contributed by atoms with E-state index in [0.29, 0.717) is 55.0 Å². The summed E-state index contributed by atoms with van der Waals surface area (Å²) in [6, 6.07) is 0. The number of rotatable bonds is 9. The molecule has 1 aliphatic rings. The van der Waals surface area contributed by atoms with E-state index in [2.05, 4.69) is 31.0 Å². The van der Waals surface area contributed by atoms with Crippen LogP contribution >= 0.6 is 0 Å². The third kappa shape index (κ3) is 4.38. The fraction of sp³-hybridized carbons (Fsp3) is 0.438. The lowest BCUT2D eigenvalue weighted by Gasteiger charge is -2.10. The molecule has 0 spiro atoms. The highest BCUT2D eigenvalue weighted by molar-refractivity contribution is 6.15. The molecule has 1 aliphatic heterocycles. The zero-order chi connectivity index (χ0) is 19.2. The van der Waals surface area contributed by atoms with Gasteiger partial charge in [0.25, 0.3) is 5.91 Å². The summed E-state index contributed by atoms with van der Waals surface area (Å²) in [5.74, 6) is 0.159. The van der Waals surface area contributed by atoms with Gasteiger partial charge in [-0.2, -0.15) is 19.6 Å². The van der Waals surface area contributed by atoms with Crippen molar-refractivity contribution in [1.29, 1.82) is 0 Å². The summed E-state index contributed by atoms with van der Waals surface area (Å²) in [6.45, 7) is 2.07. The van der Waals surface area contributed by atoms with Gasteiger partial charge in [-0.05, 0) is 6.08 Å². The average Bonchev–Trinajstić information content (AvgIpc) is 3.18. The number of aromatic nitrogens is 4. The van der Waals surface area contributed by atoms with Crippen LogP contribution in [0.15, 0.2) is 11.8 Å². The van der Waals surface area contributed by atoms with Gasteiger partial charge in [-0.25, -0.2) is 0 Å². The third-order valence-corrected chi connectivity index (χ3v) is 3.80. The highest BCUT2D eigenvalue weighted by Crippen LogP contribution is 2.20. The number of nitrogens with zero attached hydrogens (tertiary/aromatic N) is 4. The van der Waals surface area contributed by atoms with Crippen LogP contribution in [-0.2, 0) is 19.1 Å². The van der Waals surface area contributed by atoms with Crippen LogP contribution in [0.1, 0.15) is 12.0 Å². The normalized spacial score (nSPS) is 15.6. The molecular weight excluding hydrogens is 354 g/mol. The van der Waals surface area contributed by atoms with Crippen molar-refractivity contribution < 1.29 is 19.1 Å². The maximum absolute atomic E-state index is 11.8. The molecule has 1 fully saturated rings. The van der Waals surface area contributed by atoms with Gasteiger partial charge in [-0.15, -0.1) is 0 Å². The number of carbonyl (C=O) groups excluding carboxylic acids is 2. The number of fused-ring (bicyclic) bond motifs is 1. The Morgan fingerprint density at radius 1 is 1.19 bits per heavy atom. The Morgan fingerprint density at radius 3 is 2.59 bits per heavy atom. The van der Waals surface area contributed by atoms with Gasteiger partial charge < -0.3 is 20.1 Å². The summed E-state index contributed by atoms with van der Waals surface area (Å²) in [4.78, 5) is 32.1. The summed E-state index contributed by atoms with van der Waals surface area (Å²) < 4.78 is 11.6. The number of hydrogen-bond donors (Lipinski definition) is 3. The second-order valence-corrected chi connectivity index (χ2v) is 5.77. The molecule has 0 saturated carbocycles. The molecule has 1 saturated heterocycles. The predicted octanol–water partition coefficient (Wildman–Crippen LogP) is -0.329. The molecule has 2 amide bonds. The molecule has 0 atom stereocenters. The van der Waals surface area contributed by atoms with E-state index in [9.17, 15) is 9.59 Å². The molecular formula is C16H21N7O4. The van der Waals surface area contributed by atoms with Gasteiger partial charge in [0, 0.05) is 38.4 Å². The van der Waals surface area contributed by atoms with Crippen LogP contribution in [0.2, 0.25) is 0 Å². The molecule has 0 bridgehead atoms. The maximum atomic E-state index is 11.8. The zero-order valence-electron chi connectivity index (χ0n) is 15.1. The quantitative estimate of drug-likeness (QED) is 0.306. The van der Waals surface area contributed by atoms with E-state index in [4.69, 9.17) is 9.47 Å². The number of carbonyl (C=O) groups is 2. The first-order valence-electron chi connectivity index (χ1n) is 8.38. The Labute approximate surface area is 155 Å². The van der Waals surface area contributed by atoms with E-state index in [1.807, 2.05) is 0 Å². The third-order valence-electron chi connectivity index (χ3n) is 3.80. The number of amides is 2. The van der Waals surface area contributed by atoms with Crippen molar-refractivity contribution in [2.75, 3.05) is 51.2 Å². The number of anilines is 2. The average molecular weight is 375 g/mol. The topological polar surface area (TPSA) is 132 Å². The van der Waals surface area contributed by atoms with Crippen LogP contribution in [-0.4, -0.2) is 71.9 Å². The Bertz CT molecular complexity index is 877. The minimum Gasteiger partial charge on any atom is -0.383 e. The summed E-state index contributed by atoms with van der Waals surface area (Å²) >= 11 is 0. The van der Waals surface area contributed by atoms with Gasteiger partial charge in [0.2, 0.25) is 17.8 Å². The molecule has 0 aliphatic carbocycles. The van der Waals surface area contributed by atoms with Gasteiger partial charge in [0.15, 0.2) is 5.65 Å². The fourth-order valence-electron chi connectivity index (χ4n) is 2.53. The van der Waals surface area contributed by atoms with E-state index in [-0.39, 0.29) is 12.3 Å². The summed E-state index contributed by atoms with van der Waals surface area (Å²) in [6.07, 6.45) is 3.24. The lowest BCUT2D eigenvalue weighted by Crippen LogP contribution is -2.19. The Morgan fingerprint density at radius 2 is 1.93 bits per heavy atom. The fourth-order valence-corrected chi connectivity index (χ4v) is 2.53. The van der Waals surface area contributed by atoms with Gasteiger partial charge in [-0.1, -0.05) is 0 Å². The van der Waals surface area contributed by atoms with Gasteiger partial charge in [-0.3, -0.25) is 14.9 Å². The van der Waals surface area contributed by atoms with Crippen LogP contribution in [0.5, 0.6) is 0 Å². The van der Waals surface area contributed by atoms with Crippen molar-refractivity contribution in [2.24, 2.45) is 0 Å². The van der Waals surface area contributed by atoms with Gasteiger partial charge >= 0.3 is 0 Å². The maximum Gasteiger partial charge on any atom is 0.254 e. The van der Waals surface area contributed by atoms with E-state index >= 15 is 0 Å². The molecule has 11 heteroatoms. The van der Waals surface area contributed by atoms with Crippen LogP contribution in [0, 0.1) is 0 Å². The smallest absolute Gasteiger partial charge is 0.254 e. The summed E-state index contributed by atoms with van der Waals surface area (Å²) in [5.41, 5.74) is 1.49. The first-order chi connectivity index (χ1) is 13.1. The second kappa shape index (κ2) is 8.56. The molecule has 144 valence electrons. The highest BCUT2D eigenvalue weighted by atomic mass is 16.5. The molecule has 0 unspecified atom stereocenters. The van der Waals surface area contributed by atoms with Crippen LogP contribution in [0.4, 0.5) is 11.9 Å². The van der Waals surface area contributed by atoms with E-state index in [1.165, 1.54) is 4.52 Å². The number of hydrogen-bond acceptors (Lipinski definition) is 9. The lowest BCUT2D eigenvalue weighted by molar-refractivity contribution is -0.124. The van der Waals surface area contributed by atoms with Crippen LogP contribution < -0.4 is 16.0 Å². The van der Waals surface area contributed by atoms with E-state index < -0.39 is 5.91 Å². The molecule has 2 aromatic heterocycles.